The highest BCUT2D eigenvalue weighted by Crippen LogP contribution is 2.38. The molecular formula is C40H24N2O. The standard InChI is InChI=1S/C40H24N2O/c1-2-10-25(11-3-1)36-24-37(26-19-21-39-35(22-26)33-16-8-9-17-38(33)43-39)42-40(41-36)27-18-20-32-30-14-5-4-12-28(30)29-13-6-7-15-31(29)34(32)23-27/h1-24H. The molecule has 43 heavy (non-hydrogen) atoms. The minimum absolute atomic E-state index is 0.702. The van der Waals surface area contributed by atoms with Crippen LogP contribution in [0.15, 0.2) is 150 Å². The average molecular weight is 549 g/mol. The number of hydrogen-bond donors (Lipinski definition) is 0. The van der Waals surface area contributed by atoms with Gasteiger partial charge in [0.25, 0.3) is 0 Å². The van der Waals surface area contributed by atoms with E-state index in [1.54, 1.807) is 0 Å². The molecule has 3 heteroatoms. The summed E-state index contributed by atoms with van der Waals surface area (Å²) in [5, 5.41) is 9.62. The Kier molecular flexibility index (Phi) is 5.20. The highest BCUT2D eigenvalue weighted by molar-refractivity contribution is 6.25. The van der Waals surface area contributed by atoms with Gasteiger partial charge in [0, 0.05) is 27.5 Å². The smallest absolute Gasteiger partial charge is 0.160 e. The van der Waals surface area contributed by atoms with Gasteiger partial charge in [-0.1, -0.05) is 109 Å². The molecule has 0 amide bonds. The van der Waals surface area contributed by atoms with E-state index in [2.05, 4.69) is 103 Å². The maximum Gasteiger partial charge on any atom is 0.160 e. The van der Waals surface area contributed by atoms with E-state index in [-0.39, 0.29) is 0 Å². The van der Waals surface area contributed by atoms with Crippen molar-refractivity contribution in [1.29, 1.82) is 0 Å². The Bertz CT molecular complexity index is 2470. The molecule has 0 fully saturated rings. The molecule has 200 valence electrons. The zero-order valence-electron chi connectivity index (χ0n) is 23.2. The van der Waals surface area contributed by atoms with Gasteiger partial charge in [-0.3, -0.25) is 0 Å². The van der Waals surface area contributed by atoms with Gasteiger partial charge in [-0.25, -0.2) is 9.97 Å². The van der Waals surface area contributed by atoms with E-state index in [4.69, 9.17) is 14.4 Å². The first-order valence-electron chi connectivity index (χ1n) is 14.5. The monoisotopic (exact) mass is 548 g/mol. The van der Waals surface area contributed by atoms with E-state index in [0.717, 1.165) is 50.0 Å². The fraction of sp³-hybridized carbons (Fsp3) is 0. The van der Waals surface area contributed by atoms with E-state index < -0.39 is 0 Å². The zero-order chi connectivity index (χ0) is 28.3. The van der Waals surface area contributed by atoms with Crippen LogP contribution in [0.3, 0.4) is 0 Å². The van der Waals surface area contributed by atoms with Gasteiger partial charge in [0.15, 0.2) is 5.82 Å². The fourth-order valence-electron chi connectivity index (χ4n) is 6.41. The Morgan fingerprint density at radius 3 is 1.56 bits per heavy atom. The molecule has 9 aromatic rings. The van der Waals surface area contributed by atoms with Gasteiger partial charge >= 0.3 is 0 Å². The molecule has 2 heterocycles. The average Bonchev–Trinajstić information content (AvgIpc) is 3.46. The molecule has 0 radical (unpaired) electrons. The number of para-hydroxylation sites is 1. The molecular weight excluding hydrogens is 524 g/mol. The number of benzene rings is 7. The van der Waals surface area contributed by atoms with Gasteiger partial charge in [0.2, 0.25) is 0 Å². The van der Waals surface area contributed by atoms with Crippen molar-refractivity contribution >= 4 is 54.3 Å². The molecule has 0 aliphatic heterocycles. The first-order chi connectivity index (χ1) is 21.3. The highest BCUT2D eigenvalue weighted by Gasteiger charge is 2.15. The Labute approximate surface area is 247 Å². The number of furan rings is 1. The first-order valence-corrected chi connectivity index (χ1v) is 14.5. The number of aromatic nitrogens is 2. The lowest BCUT2D eigenvalue weighted by atomic mass is 9.93. The van der Waals surface area contributed by atoms with Gasteiger partial charge in [0.05, 0.1) is 11.4 Å². The lowest BCUT2D eigenvalue weighted by molar-refractivity contribution is 0.669. The predicted molar refractivity (Wildman–Crippen MR) is 178 cm³/mol. The Morgan fingerprint density at radius 2 is 0.837 bits per heavy atom. The molecule has 2 aromatic heterocycles. The second-order valence-electron chi connectivity index (χ2n) is 11.0. The van der Waals surface area contributed by atoms with Crippen LogP contribution in [0.4, 0.5) is 0 Å². The van der Waals surface area contributed by atoms with Gasteiger partial charge in [0.1, 0.15) is 11.2 Å². The molecule has 0 saturated carbocycles. The molecule has 3 nitrogen and oxygen atoms in total. The lowest BCUT2D eigenvalue weighted by Gasteiger charge is -2.13. The maximum atomic E-state index is 6.10. The molecule has 0 bridgehead atoms. The second-order valence-corrected chi connectivity index (χ2v) is 11.0. The molecule has 7 aromatic carbocycles. The molecule has 9 rings (SSSR count). The summed E-state index contributed by atoms with van der Waals surface area (Å²) in [5.74, 6) is 0.702. The van der Waals surface area contributed by atoms with Crippen molar-refractivity contribution in [2.75, 3.05) is 0 Å². The van der Waals surface area contributed by atoms with Gasteiger partial charge < -0.3 is 4.42 Å². The third kappa shape index (κ3) is 3.83. The van der Waals surface area contributed by atoms with E-state index in [9.17, 15) is 0 Å². The first kappa shape index (κ1) is 23.9. The zero-order valence-corrected chi connectivity index (χ0v) is 23.2. The summed E-state index contributed by atoms with van der Waals surface area (Å²) in [5.41, 5.74) is 6.59. The largest absolute Gasteiger partial charge is 0.456 e. The van der Waals surface area contributed by atoms with Crippen LogP contribution in [0.2, 0.25) is 0 Å². The molecule has 0 spiro atoms. The van der Waals surface area contributed by atoms with Crippen LogP contribution in [0, 0.1) is 0 Å². The van der Waals surface area contributed by atoms with Gasteiger partial charge in [-0.15, -0.1) is 0 Å². The third-order valence-corrected chi connectivity index (χ3v) is 8.47. The summed E-state index contributed by atoms with van der Waals surface area (Å²) in [6.07, 6.45) is 0. The molecule has 0 N–H and O–H groups in total. The predicted octanol–water partition coefficient (Wildman–Crippen LogP) is 10.8. The molecule has 0 saturated heterocycles. The van der Waals surface area contributed by atoms with E-state index in [1.807, 2.05) is 42.5 Å². The van der Waals surface area contributed by atoms with Gasteiger partial charge in [-0.05, 0) is 68.7 Å². The summed E-state index contributed by atoms with van der Waals surface area (Å²) in [6.45, 7) is 0. The van der Waals surface area contributed by atoms with E-state index >= 15 is 0 Å². The van der Waals surface area contributed by atoms with Crippen LogP contribution in [-0.4, -0.2) is 9.97 Å². The van der Waals surface area contributed by atoms with Crippen molar-refractivity contribution in [3.05, 3.63) is 146 Å². The van der Waals surface area contributed by atoms with Crippen molar-refractivity contribution in [2.24, 2.45) is 0 Å². The summed E-state index contributed by atoms with van der Waals surface area (Å²) >= 11 is 0. The minimum atomic E-state index is 0.702. The second kappa shape index (κ2) is 9.37. The van der Waals surface area contributed by atoms with Crippen LogP contribution in [-0.2, 0) is 0 Å². The number of nitrogens with zero attached hydrogens (tertiary/aromatic N) is 2. The van der Waals surface area contributed by atoms with Crippen LogP contribution < -0.4 is 0 Å². The van der Waals surface area contributed by atoms with Crippen LogP contribution in [0.5, 0.6) is 0 Å². The Balaban J connectivity index is 1.29. The van der Waals surface area contributed by atoms with Crippen LogP contribution >= 0.6 is 0 Å². The van der Waals surface area contributed by atoms with Gasteiger partial charge in [-0.2, -0.15) is 0 Å². The summed E-state index contributed by atoms with van der Waals surface area (Å²) in [6, 6.07) is 50.8. The number of rotatable bonds is 3. The summed E-state index contributed by atoms with van der Waals surface area (Å²) < 4.78 is 6.10. The Morgan fingerprint density at radius 1 is 0.326 bits per heavy atom. The summed E-state index contributed by atoms with van der Waals surface area (Å²) in [7, 11) is 0. The fourth-order valence-corrected chi connectivity index (χ4v) is 6.41. The maximum absolute atomic E-state index is 6.10. The molecule has 0 aliphatic carbocycles. The highest BCUT2D eigenvalue weighted by atomic mass is 16.3. The van der Waals surface area contributed by atoms with Crippen LogP contribution in [0.25, 0.3) is 88.2 Å². The van der Waals surface area contributed by atoms with Crippen molar-refractivity contribution in [3.63, 3.8) is 0 Å². The van der Waals surface area contributed by atoms with E-state index in [0.29, 0.717) is 5.82 Å². The van der Waals surface area contributed by atoms with E-state index in [1.165, 1.54) is 32.3 Å². The quantitative estimate of drug-likeness (QED) is 0.206. The molecule has 0 atom stereocenters. The molecule has 0 aliphatic rings. The number of fused-ring (bicyclic) bond motifs is 9. The normalized spacial score (nSPS) is 11.7. The molecule has 0 unspecified atom stereocenters. The topological polar surface area (TPSA) is 38.9 Å². The van der Waals surface area contributed by atoms with Crippen molar-refractivity contribution in [1.82, 2.24) is 9.97 Å². The lowest BCUT2D eigenvalue weighted by Crippen LogP contribution is -1.96. The van der Waals surface area contributed by atoms with Crippen molar-refractivity contribution in [2.45, 2.75) is 0 Å². The summed E-state index contributed by atoms with van der Waals surface area (Å²) in [4.78, 5) is 10.3. The third-order valence-electron chi connectivity index (χ3n) is 8.47. The Hall–Kier alpha value is -5.80. The van der Waals surface area contributed by atoms with Crippen molar-refractivity contribution in [3.8, 4) is 33.9 Å². The van der Waals surface area contributed by atoms with Crippen molar-refractivity contribution < 1.29 is 4.42 Å². The number of hydrogen-bond acceptors (Lipinski definition) is 3. The SMILES string of the molecule is c1ccc(-c2cc(-c3ccc4oc5ccccc5c4c3)nc(-c3ccc4c5ccccc5c5ccccc5c4c3)n2)cc1. The minimum Gasteiger partial charge on any atom is -0.456 e. The van der Waals surface area contributed by atoms with Crippen LogP contribution in [0.1, 0.15) is 0 Å².